The molecule has 3 heterocycles. The third-order valence-corrected chi connectivity index (χ3v) is 10.2. The molecule has 8 aromatic carbocycles. The summed E-state index contributed by atoms with van der Waals surface area (Å²) in [5.41, 5.74) is 10.9. The van der Waals surface area contributed by atoms with Gasteiger partial charge in [-0.15, -0.1) is 0 Å². The van der Waals surface area contributed by atoms with Crippen molar-refractivity contribution in [2.45, 2.75) is 0 Å². The largest absolute Gasteiger partial charge is 0.455 e. The Morgan fingerprint density at radius 1 is 0.431 bits per heavy atom. The highest BCUT2D eigenvalue weighted by molar-refractivity contribution is 6.26. The van der Waals surface area contributed by atoms with Gasteiger partial charge in [0.25, 0.3) is 0 Å². The Kier molecular flexibility index (Phi) is 5.16. The molecule has 0 amide bonds. The first-order valence-corrected chi connectivity index (χ1v) is 17.1. The molecule has 51 heavy (non-hydrogen) atoms. The van der Waals surface area contributed by atoms with Crippen LogP contribution in [0.4, 0.5) is 0 Å². The first kappa shape index (κ1) is 24.3. The Hall–Kier alpha value is -6.84. The average molecular weight is 655 g/mol. The van der Waals surface area contributed by atoms with Gasteiger partial charge in [-0.25, -0.2) is 0 Å². The summed E-state index contributed by atoms with van der Waals surface area (Å²) in [5, 5.41) is 5.55. The zero-order valence-electron chi connectivity index (χ0n) is 31.3. The molecule has 0 bridgehead atoms. The van der Waals surface area contributed by atoms with Crippen molar-refractivity contribution in [3.63, 3.8) is 0 Å². The Bertz CT molecular complexity index is 3370. The normalized spacial score (nSPS) is 13.0. The van der Waals surface area contributed by atoms with Crippen LogP contribution < -0.4 is 0 Å². The SMILES string of the molecule is [2H]c1c([2H])c([2H])c2c(c1[2H])c1c(ccc3c4ccccc4n(-c4cccc(-c5cccc(-c6cccc7c6oc6ccccc67)c5)c4)c31)n2-c1ccccc1. The standard InChI is InChI=1S/C48H30N2O/c1-2-16-34(17-3-1)49-43-25-8-5-21-41(43)46-44(49)28-27-39-37-19-4-7-24-42(37)50(47(39)46)35-18-11-14-32(30-35)31-13-10-15-33(29-31)36-22-12-23-40-38-20-6-9-26-45(38)51-48(36)40/h1-30H/i5D,8D,21D,25D. The molecule has 3 nitrogen and oxygen atoms in total. The number of nitrogens with zero attached hydrogens (tertiary/aromatic N) is 2. The van der Waals surface area contributed by atoms with Crippen LogP contribution in [0.3, 0.4) is 0 Å². The van der Waals surface area contributed by atoms with Gasteiger partial charge < -0.3 is 13.6 Å². The summed E-state index contributed by atoms with van der Waals surface area (Å²) in [7, 11) is 0. The lowest BCUT2D eigenvalue weighted by atomic mass is 9.97. The van der Waals surface area contributed by atoms with Crippen LogP contribution in [0.5, 0.6) is 0 Å². The van der Waals surface area contributed by atoms with Crippen LogP contribution in [0.2, 0.25) is 0 Å². The molecule has 0 unspecified atom stereocenters. The molecular formula is C48H30N2O. The third kappa shape index (κ3) is 4.12. The summed E-state index contributed by atoms with van der Waals surface area (Å²) in [6, 6.07) is 53.3. The maximum absolute atomic E-state index is 9.27. The Morgan fingerprint density at radius 2 is 1.14 bits per heavy atom. The number of fused-ring (bicyclic) bond motifs is 10. The minimum Gasteiger partial charge on any atom is -0.455 e. The number of furan rings is 1. The van der Waals surface area contributed by atoms with Crippen molar-refractivity contribution in [1.29, 1.82) is 0 Å². The zero-order valence-corrected chi connectivity index (χ0v) is 27.3. The number of hydrogen-bond acceptors (Lipinski definition) is 1. The van der Waals surface area contributed by atoms with Crippen LogP contribution in [-0.2, 0) is 0 Å². The van der Waals surface area contributed by atoms with Crippen LogP contribution in [0.1, 0.15) is 5.48 Å². The van der Waals surface area contributed by atoms with Crippen molar-refractivity contribution in [3.05, 3.63) is 182 Å². The Balaban J connectivity index is 1.18. The van der Waals surface area contributed by atoms with Crippen LogP contribution in [0, 0.1) is 0 Å². The van der Waals surface area contributed by atoms with E-state index in [1.165, 1.54) is 0 Å². The van der Waals surface area contributed by atoms with Crippen LogP contribution in [-0.4, -0.2) is 9.13 Å². The number of aromatic nitrogens is 2. The fourth-order valence-electron chi connectivity index (χ4n) is 8.03. The molecular weight excluding hydrogens is 621 g/mol. The number of rotatable bonds is 4. The predicted octanol–water partition coefficient (Wildman–Crippen LogP) is 13.1. The minimum absolute atomic E-state index is 0.0509. The quantitative estimate of drug-likeness (QED) is 0.185. The summed E-state index contributed by atoms with van der Waals surface area (Å²) in [6.45, 7) is 0. The molecule has 11 rings (SSSR count). The fraction of sp³-hybridized carbons (Fsp3) is 0. The van der Waals surface area contributed by atoms with Gasteiger partial charge in [0.2, 0.25) is 0 Å². The maximum Gasteiger partial charge on any atom is 0.143 e. The molecule has 238 valence electrons. The molecule has 0 aliphatic heterocycles. The first-order chi connectivity index (χ1) is 27.0. The molecule has 0 saturated carbocycles. The van der Waals surface area contributed by atoms with Gasteiger partial charge in [0.15, 0.2) is 0 Å². The monoisotopic (exact) mass is 654 g/mol. The second kappa shape index (κ2) is 10.8. The zero-order chi connectivity index (χ0) is 36.9. The van der Waals surface area contributed by atoms with Crippen molar-refractivity contribution in [2.24, 2.45) is 0 Å². The molecule has 0 N–H and O–H groups in total. The van der Waals surface area contributed by atoms with Gasteiger partial charge in [-0.2, -0.15) is 0 Å². The first-order valence-electron chi connectivity index (χ1n) is 19.1. The van der Waals surface area contributed by atoms with Gasteiger partial charge in [-0.1, -0.05) is 127 Å². The topological polar surface area (TPSA) is 23.0 Å². The van der Waals surface area contributed by atoms with Crippen LogP contribution in [0.25, 0.3) is 99.2 Å². The molecule has 11 aromatic rings. The lowest BCUT2D eigenvalue weighted by Gasteiger charge is -2.12. The predicted molar refractivity (Wildman–Crippen MR) is 213 cm³/mol. The van der Waals surface area contributed by atoms with Gasteiger partial charge in [0, 0.05) is 49.3 Å². The van der Waals surface area contributed by atoms with Crippen molar-refractivity contribution in [1.82, 2.24) is 9.13 Å². The van der Waals surface area contributed by atoms with Gasteiger partial charge in [-0.05, 0) is 71.3 Å². The van der Waals surface area contributed by atoms with Crippen LogP contribution >= 0.6 is 0 Å². The highest BCUT2D eigenvalue weighted by atomic mass is 16.3. The second-order valence-electron chi connectivity index (χ2n) is 13.0. The number of hydrogen-bond donors (Lipinski definition) is 0. The van der Waals surface area contributed by atoms with E-state index >= 15 is 0 Å². The van der Waals surface area contributed by atoms with Gasteiger partial charge in [0.1, 0.15) is 11.2 Å². The molecule has 0 atom stereocenters. The van der Waals surface area contributed by atoms with E-state index in [-0.39, 0.29) is 24.2 Å². The summed E-state index contributed by atoms with van der Waals surface area (Å²) in [6.07, 6.45) is 0. The van der Waals surface area contributed by atoms with Gasteiger partial charge in [-0.3, -0.25) is 0 Å². The summed E-state index contributed by atoms with van der Waals surface area (Å²) >= 11 is 0. The van der Waals surface area contributed by atoms with Gasteiger partial charge >= 0.3 is 0 Å². The highest BCUT2D eigenvalue weighted by Crippen LogP contribution is 2.43. The number of para-hydroxylation sites is 5. The third-order valence-electron chi connectivity index (χ3n) is 10.2. The lowest BCUT2D eigenvalue weighted by molar-refractivity contribution is 0.670. The minimum atomic E-state index is -0.249. The van der Waals surface area contributed by atoms with E-state index in [4.69, 9.17) is 8.53 Å². The summed E-state index contributed by atoms with van der Waals surface area (Å²) < 4.78 is 46.4. The summed E-state index contributed by atoms with van der Waals surface area (Å²) in [4.78, 5) is 0. The molecule has 3 aromatic heterocycles. The van der Waals surface area contributed by atoms with Crippen molar-refractivity contribution in [2.75, 3.05) is 0 Å². The van der Waals surface area contributed by atoms with E-state index in [9.17, 15) is 1.37 Å². The Morgan fingerprint density at radius 3 is 2.06 bits per heavy atom. The van der Waals surface area contributed by atoms with Crippen molar-refractivity contribution >= 4 is 65.6 Å². The molecule has 0 saturated heterocycles. The van der Waals surface area contributed by atoms with E-state index < -0.39 is 0 Å². The molecule has 0 fully saturated rings. The lowest BCUT2D eigenvalue weighted by Crippen LogP contribution is -1.96. The average Bonchev–Trinajstić information content (AvgIpc) is 3.91. The fourth-order valence-corrected chi connectivity index (χ4v) is 8.03. The summed E-state index contributed by atoms with van der Waals surface area (Å²) in [5.74, 6) is 0. The smallest absolute Gasteiger partial charge is 0.143 e. The second-order valence-corrected chi connectivity index (χ2v) is 13.0. The molecule has 0 radical (unpaired) electrons. The van der Waals surface area contributed by atoms with E-state index in [1.807, 2.05) is 65.2 Å². The van der Waals surface area contributed by atoms with Crippen molar-refractivity contribution in [3.8, 4) is 33.6 Å². The van der Waals surface area contributed by atoms with E-state index in [0.29, 0.717) is 10.9 Å². The number of benzene rings is 8. The molecule has 0 aliphatic carbocycles. The van der Waals surface area contributed by atoms with E-state index in [2.05, 4.69) is 102 Å². The van der Waals surface area contributed by atoms with Crippen molar-refractivity contribution < 1.29 is 9.90 Å². The maximum atomic E-state index is 9.27. The molecule has 0 spiro atoms. The van der Waals surface area contributed by atoms with E-state index in [0.717, 1.165) is 88.3 Å². The van der Waals surface area contributed by atoms with E-state index in [1.54, 1.807) is 0 Å². The molecule has 0 aliphatic rings. The highest BCUT2D eigenvalue weighted by Gasteiger charge is 2.21. The van der Waals surface area contributed by atoms with Crippen LogP contribution in [0.15, 0.2) is 186 Å². The van der Waals surface area contributed by atoms with Gasteiger partial charge in [0.05, 0.1) is 27.5 Å². The molecule has 3 heteroatoms. The Labute approximate surface area is 299 Å².